The number of hydrogen-bond donors (Lipinski definition) is 0. The third kappa shape index (κ3) is 2.60. The van der Waals surface area contributed by atoms with E-state index in [4.69, 9.17) is 16.5 Å². The van der Waals surface area contributed by atoms with Gasteiger partial charge >= 0.3 is 5.97 Å². The van der Waals surface area contributed by atoms with E-state index in [0.717, 1.165) is 0 Å². The van der Waals surface area contributed by atoms with E-state index in [2.05, 4.69) is 4.98 Å². The molecule has 1 rings (SSSR count). The van der Waals surface area contributed by atoms with Gasteiger partial charge in [-0.15, -0.1) is 0 Å². The van der Waals surface area contributed by atoms with Gasteiger partial charge in [0, 0.05) is 25.0 Å². The molecule has 0 fully saturated rings. The predicted molar refractivity (Wildman–Crippen MR) is 54.4 cm³/mol. The number of carbonyl (C=O) groups is 1. The van der Waals surface area contributed by atoms with Crippen LogP contribution in [0.2, 0.25) is 0 Å². The number of ether oxygens (including phenoxy) is 1. The highest BCUT2D eigenvalue weighted by molar-refractivity contribution is 6.24. The van der Waals surface area contributed by atoms with Crippen LogP contribution in [0, 0.1) is 0 Å². The van der Waals surface area contributed by atoms with E-state index in [9.17, 15) is 4.79 Å². The highest BCUT2D eigenvalue weighted by Crippen LogP contribution is 2.11. The first-order chi connectivity index (χ1) is 6.65. The van der Waals surface area contributed by atoms with Crippen LogP contribution in [-0.2, 0) is 4.74 Å². The first-order valence-corrected chi connectivity index (χ1v) is 4.51. The number of esters is 1. The van der Waals surface area contributed by atoms with Crippen LogP contribution in [0.4, 0.5) is 5.82 Å². The first-order valence-electron chi connectivity index (χ1n) is 4.18. The highest BCUT2D eigenvalue weighted by atomic mass is 35.5. The average Bonchev–Trinajstić information content (AvgIpc) is 2.18. The molecule has 0 saturated carbocycles. The maximum Gasteiger partial charge on any atom is 0.339 e. The van der Waals surface area contributed by atoms with Crippen molar-refractivity contribution >= 4 is 23.6 Å². The minimum Gasteiger partial charge on any atom is -0.462 e. The highest BCUT2D eigenvalue weighted by Gasteiger charge is 2.07. The molecule has 0 atom stereocenters. The number of hydrogen-bond acceptors (Lipinski definition) is 4. The number of anilines is 1. The molecule has 76 valence electrons. The zero-order valence-electron chi connectivity index (χ0n) is 8.03. The van der Waals surface area contributed by atoms with Crippen LogP contribution in [0.5, 0.6) is 0 Å². The van der Waals surface area contributed by atoms with Crippen molar-refractivity contribution in [2.45, 2.75) is 6.92 Å². The second-order valence-corrected chi connectivity index (χ2v) is 3.11. The van der Waals surface area contributed by atoms with Gasteiger partial charge in [-0.1, -0.05) is 0 Å². The van der Waals surface area contributed by atoms with E-state index in [1.54, 1.807) is 26.1 Å². The molecule has 0 amide bonds. The first kappa shape index (κ1) is 10.8. The molecule has 0 saturated heterocycles. The second kappa shape index (κ2) is 4.81. The molecule has 5 heteroatoms. The molecule has 0 aliphatic heterocycles. The predicted octanol–water partition coefficient (Wildman–Crippen LogP) is 1.85. The molecule has 1 heterocycles. The van der Waals surface area contributed by atoms with E-state index >= 15 is 0 Å². The zero-order chi connectivity index (χ0) is 10.6. The van der Waals surface area contributed by atoms with Gasteiger partial charge in [-0.3, -0.25) is 4.42 Å². The van der Waals surface area contributed by atoms with Crippen molar-refractivity contribution in [3.63, 3.8) is 0 Å². The summed E-state index contributed by atoms with van der Waals surface area (Å²) in [6.45, 7) is 2.11. The Morgan fingerprint density at radius 2 is 2.36 bits per heavy atom. The van der Waals surface area contributed by atoms with E-state index in [1.807, 2.05) is 0 Å². The van der Waals surface area contributed by atoms with Crippen LogP contribution in [0.15, 0.2) is 18.3 Å². The van der Waals surface area contributed by atoms with Crippen LogP contribution in [0.3, 0.4) is 0 Å². The summed E-state index contributed by atoms with van der Waals surface area (Å²) >= 11 is 5.65. The zero-order valence-corrected chi connectivity index (χ0v) is 8.78. The lowest BCUT2D eigenvalue weighted by molar-refractivity contribution is 0.0526. The summed E-state index contributed by atoms with van der Waals surface area (Å²) in [4.78, 5) is 15.2. The average molecular weight is 215 g/mol. The monoisotopic (exact) mass is 214 g/mol. The molecule has 14 heavy (non-hydrogen) atoms. The van der Waals surface area contributed by atoms with Crippen molar-refractivity contribution in [1.29, 1.82) is 0 Å². The molecule has 0 aliphatic rings. The van der Waals surface area contributed by atoms with Gasteiger partial charge in [-0.05, 0) is 19.1 Å². The summed E-state index contributed by atoms with van der Waals surface area (Å²) in [5, 5.41) is 0. The number of nitrogens with zero attached hydrogens (tertiary/aromatic N) is 2. The number of carbonyl (C=O) groups excluding carboxylic acids is 1. The third-order valence-corrected chi connectivity index (χ3v) is 1.75. The van der Waals surface area contributed by atoms with Crippen LogP contribution >= 0.6 is 11.8 Å². The fourth-order valence-corrected chi connectivity index (χ4v) is 1.00. The Kier molecular flexibility index (Phi) is 3.71. The number of pyridine rings is 1. The van der Waals surface area contributed by atoms with E-state index < -0.39 is 0 Å². The largest absolute Gasteiger partial charge is 0.462 e. The van der Waals surface area contributed by atoms with Crippen molar-refractivity contribution in [2.75, 3.05) is 18.1 Å². The fraction of sp³-hybridized carbons (Fsp3) is 0.333. The van der Waals surface area contributed by atoms with E-state index in [0.29, 0.717) is 18.0 Å². The Morgan fingerprint density at radius 1 is 1.64 bits per heavy atom. The molecule has 4 nitrogen and oxygen atoms in total. The van der Waals surface area contributed by atoms with Crippen LogP contribution in [-0.4, -0.2) is 24.6 Å². The Bertz CT molecular complexity index is 311. The quantitative estimate of drug-likeness (QED) is 0.569. The van der Waals surface area contributed by atoms with Crippen LogP contribution in [0.25, 0.3) is 0 Å². The fourth-order valence-electron chi connectivity index (χ4n) is 0.903. The molecule has 0 aliphatic carbocycles. The summed E-state index contributed by atoms with van der Waals surface area (Å²) in [6, 6.07) is 3.28. The lowest BCUT2D eigenvalue weighted by Crippen LogP contribution is -2.07. The van der Waals surface area contributed by atoms with Crippen molar-refractivity contribution in [1.82, 2.24) is 4.98 Å². The Labute approximate surface area is 87.6 Å². The minimum atomic E-state index is -0.372. The SMILES string of the molecule is CCOC(=O)c1ccc(N(C)Cl)nc1. The summed E-state index contributed by atoms with van der Waals surface area (Å²) in [5.74, 6) is 0.212. The number of halogens is 1. The Balaban J connectivity index is 2.78. The van der Waals surface area contributed by atoms with Gasteiger partial charge in [0.05, 0.1) is 12.2 Å². The molecule has 1 aromatic rings. The van der Waals surface area contributed by atoms with Gasteiger partial charge in [0.15, 0.2) is 0 Å². The van der Waals surface area contributed by atoms with E-state index in [-0.39, 0.29) is 5.97 Å². The summed E-state index contributed by atoms with van der Waals surface area (Å²) < 4.78 is 6.14. The smallest absolute Gasteiger partial charge is 0.339 e. The van der Waals surface area contributed by atoms with Crippen molar-refractivity contribution in [2.24, 2.45) is 0 Å². The van der Waals surface area contributed by atoms with Gasteiger partial charge in [-0.2, -0.15) is 0 Å². The molecule has 1 aromatic heterocycles. The van der Waals surface area contributed by atoms with Gasteiger partial charge in [0.25, 0.3) is 0 Å². The van der Waals surface area contributed by atoms with Gasteiger partial charge < -0.3 is 4.74 Å². The van der Waals surface area contributed by atoms with Crippen LogP contribution in [0.1, 0.15) is 17.3 Å². The lowest BCUT2D eigenvalue weighted by Gasteiger charge is -2.07. The Hall–Kier alpha value is -1.29. The molecule has 0 spiro atoms. The Morgan fingerprint density at radius 3 is 2.79 bits per heavy atom. The summed E-state index contributed by atoms with van der Waals surface area (Å²) in [7, 11) is 1.66. The third-order valence-electron chi connectivity index (χ3n) is 1.57. The molecule has 0 bridgehead atoms. The number of aromatic nitrogens is 1. The van der Waals surface area contributed by atoms with Crippen molar-refractivity contribution in [3.05, 3.63) is 23.9 Å². The standard InChI is InChI=1S/C9H11ClN2O2/c1-3-14-9(13)7-4-5-8(11-6-7)12(2)10/h4-6H,3H2,1-2H3. The molecule has 0 aromatic carbocycles. The van der Waals surface area contributed by atoms with E-state index in [1.165, 1.54) is 10.6 Å². The maximum absolute atomic E-state index is 11.2. The van der Waals surface area contributed by atoms with Crippen molar-refractivity contribution < 1.29 is 9.53 Å². The maximum atomic E-state index is 11.2. The lowest BCUT2D eigenvalue weighted by atomic mass is 10.3. The van der Waals surface area contributed by atoms with Gasteiger partial charge in [-0.25, -0.2) is 9.78 Å². The second-order valence-electron chi connectivity index (χ2n) is 2.60. The topological polar surface area (TPSA) is 42.4 Å². The number of rotatable bonds is 3. The normalized spacial score (nSPS) is 9.64. The summed E-state index contributed by atoms with van der Waals surface area (Å²) in [6.07, 6.45) is 1.44. The van der Waals surface area contributed by atoms with Gasteiger partial charge in [0.2, 0.25) is 0 Å². The van der Waals surface area contributed by atoms with Crippen molar-refractivity contribution in [3.8, 4) is 0 Å². The summed E-state index contributed by atoms with van der Waals surface area (Å²) in [5.41, 5.74) is 0.425. The molecule has 0 unspecified atom stereocenters. The van der Waals surface area contributed by atoms with Gasteiger partial charge in [0.1, 0.15) is 5.82 Å². The molecule has 0 N–H and O–H groups in total. The molecular formula is C9H11ClN2O2. The van der Waals surface area contributed by atoms with Crippen LogP contribution < -0.4 is 4.42 Å². The molecular weight excluding hydrogens is 204 g/mol. The molecule has 0 radical (unpaired) electrons. The minimum absolute atomic E-state index is 0.357.